The van der Waals surface area contributed by atoms with E-state index in [4.69, 9.17) is 4.52 Å². The molecule has 0 spiro atoms. The number of aryl methyl sites for hydroxylation is 3. The molecule has 0 radical (unpaired) electrons. The Hall–Kier alpha value is -2.81. The van der Waals surface area contributed by atoms with Crippen LogP contribution in [0.5, 0.6) is 0 Å². The first kappa shape index (κ1) is 16.6. The van der Waals surface area contributed by atoms with Gasteiger partial charge in [-0.05, 0) is 26.8 Å². The molecule has 0 bridgehead atoms. The molecule has 1 aliphatic rings. The summed E-state index contributed by atoms with van der Waals surface area (Å²) in [6, 6.07) is 3.72. The highest BCUT2D eigenvalue weighted by molar-refractivity contribution is 5.91. The minimum absolute atomic E-state index is 0.0922. The van der Waals surface area contributed by atoms with E-state index in [-0.39, 0.29) is 24.2 Å². The standard InChI is InChI=1S/C17H20N6O3/c1-9-4-11(3)23-17(18-9)19-15(20-23)16(25)22-7-12(14(24)8-22)6-13-5-10(2)21-26-13/h4-5,12,14,24H,6-8H2,1-3H3/t12-,14-/m1/s1. The van der Waals surface area contributed by atoms with Gasteiger partial charge in [-0.25, -0.2) is 9.50 Å². The van der Waals surface area contributed by atoms with Crippen LogP contribution in [-0.4, -0.2) is 59.8 Å². The van der Waals surface area contributed by atoms with Crippen LogP contribution >= 0.6 is 0 Å². The number of fused-ring (bicyclic) bond motifs is 1. The molecule has 0 saturated carbocycles. The lowest BCUT2D eigenvalue weighted by molar-refractivity contribution is 0.0753. The molecule has 26 heavy (non-hydrogen) atoms. The maximum Gasteiger partial charge on any atom is 0.293 e. The zero-order chi connectivity index (χ0) is 18.4. The molecule has 9 heteroatoms. The van der Waals surface area contributed by atoms with Crippen LogP contribution in [0.15, 0.2) is 16.7 Å². The Morgan fingerprint density at radius 3 is 2.77 bits per heavy atom. The molecular formula is C17H20N6O3. The van der Waals surface area contributed by atoms with Crippen molar-refractivity contribution in [3.05, 3.63) is 40.8 Å². The number of likely N-dealkylation sites (tertiary alicyclic amines) is 1. The van der Waals surface area contributed by atoms with Gasteiger partial charge < -0.3 is 14.5 Å². The van der Waals surface area contributed by atoms with Crippen molar-refractivity contribution < 1.29 is 14.4 Å². The van der Waals surface area contributed by atoms with Crippen molar-refractivity contribution in [2.75, 3.05) is 13.1 Å². The minimum atomic E-state index is -0.622. The number of rotatable bonds is 3. The normalized spacial score (nSPS) is 20.2. The number of hydrogen-bond acceptors (Lipinski definition) is 7. The highest BCUT2D eigenvalue weighted by Gasteiger charge is 2.36. The molecule has 0 aromatic carbocycles. The predicted molar refractivity (Wildman–Crippen MR) is 90.6 cm³/mol. The van der Waals surface area contributed by atoms with Gasteiger partial charge in [0.05, 0.1) is 11.8 Å². The number of carbonyl (C=O) groups is 1. The first-order valence-corrected chi connectivity index (χ1v) is 8.51. The van der Waals surface area contributed by atoms with Crippen molar-refractivity contribution in [3.63, 3.8) is 0 Å². The van der Waals surface area contributed by atoms with E-state index in [0.29, 0.717) is 24.5 Å². The molecule has 2 atom stereocenters. The van der Waals surface area contributed by atoms with Crippen LogP contribution in [0.1, 0.15) is 33.5 Å². The molecule has 4 heterocycles. The van der Waals surface area contributed by atoms with Crippen LogP contribution < -0.4 is 0 Å². The van der Waals surface area contributed by atoms with E-state index in [0.717, 1.165) is 17.1 Å². The first-order chi connectivity index (χ1) is 12.4. The fraction of sp³-hybridized carbons (Fsp3) is 0.471. The summed E-state index contributed by atoms with van der Waals surface area (Å²) in [6.45, 7) is 6.27. The van der Waals surface area contributed by atoms with Crippen LogP contribution in [0.4, 0.5) is 0 Å². The number of aromatic nitrogens is 5. The van der Waals surface area contributed by atoms with E-state index in [1.54, 1.807) is 9.42 Å². The molecule has 0 aliphatic carbocycles. The molecule has 1 amide bonds. The summed E-state index contributed by atoms with van der Waals surface area (Å²) in [5, 5.41) is 18.5. The topological polar surface area (TPSA) is 110 Å². The second-order valence-corrected chi connectivity index (χ2v) is 6.86. The summed E-state index contributed by atoms with van der Waals surface area (Å²) in [7, 11) is 0. The summed E-state index contributed by atoms with van der Waals surface area (Å²) >= 11 is 0. The number of aliphatic hydroxyl groups excluding tert-OH is 1. The summed E-state index contributed by atoms with van der Waals surface area (Å²) in [6.07, 6.45) is -0.0898. The van der Waals surface area contributed by atoms with E-state index in [1.807, 2.05) is 32.9 Å². The van der Waals surface area contributed by atoms with Gasteiger partial charge in [0.2, 0.25) is 5.82 Å². The quantitative estimate of drug-likeness (QED) is 0.736. The predicted octanol–water partition coefficient (Wildman–Crippen LogP) is 0.713. The molecule has 1 N–H and O–H groups in total. The summed E-state index contributed by atoms with van der Waals surface area (Å²) in [5.41, 5.74) is 2.48. The number of carbonyl (C=O) groups excluding carboxylic acids is 1. The Morgan fingerprint density at radius 2 is 2.04 bits per heavy atom. The van der Waals surface area contributed by atoms with Crippen molar-refractivity contribution in [1.29, 1.82) is 0 Å². The third kappa shape index (κ3) is 2.94. The highest BCUT2D eigenvalue weighted by atomic mass is 16.5. The summed E-state index contributed by atoms with van der Waals surface area (Å²) in [4.78, 5) is 22.9. The van der Waals surface area contributed by atoms with E-state index < -0.39 is 6.10 Å². The van der Waals surface area contributed by atoms with Crippen molar-refractivity contribution in [2.45, 2.75) is 33.3 Å². The number of aliphatic hydroxyl groups is 1. The van der Waals surface area contributed by atoms with Gasteiger partial charge in [-0.15, -0.1) is 5.10 Å². The van der Waals surface area contributed by atoms with Gasteiger partial charge in [0.1, 0.15) is 5.76 Å². The maximum absolute atomic E-state index is 12.8. The van der Waals surface area contributed by atoms with Crippen LogP contribution in [0, 0.1) is 26.7 Å². The summed E-state index contributed by atoms with van der Waals surface area (Å²) < 4.78 is 6.78. The van der Waals surface area contributed by atoms with E-state index in [9.17, 15) is 9.90 Å². The lowest BCUT2D eigenvalue weighted by Gasteiger charge is -2.13. The zero-order valence-corrected chi connectivity index (χ0v) is 14.9. The van der Waals surface area contributed by atoms with E-state index >= 15 is 0 Å². The number of hydrogen-bond donors (Lipinski definition) is 1. The Morgan fingerprint density at radius 1 is 1.23 bits per heavy atom. The van der Waals surface area contributed by atoms with Crippen molar-refractivity contribution in [1.82, 2.24) is 29.6 Å². The van der Waals surface area contributed by atoms with Crippen molar-refractivity contribution >= 4 is 11.7 Å². The summed E-state index contributed by atoms with van der Waals surface area (Å²) in [5.74, 6) is 0.795. The SMILES string of the molecule is Cc1cc(C[C@@H]2CN(C(=O)c3nc4nc(C)cc(C)n4n3)C[C@H]2O)on1. The number of β-amino-alcohol motifs (C(OH)–C–C–N with tert-alkyl or cyclic N) is 1. The molecule has 1 fully saturated rings. The third-order valence-electron chi connectivity index (χ3n) is 4.64. The second-order valence-electron chi connectivity index (χ2n) is 6.86. The third-order valence-corrected chi connectivity index (χ3v) is 4.64. The molecule has 0 unspecified atom stereocenters. The average molecular weight is 356 g/mol. The van der Waals surface area contributed by atoms with Gasteiger partial charge in [0.25, 0.3) is 11.7 Å². The van der Waals surface area contributed by atoms with E-state index in [1.165, 1.54) is 0 Å². The number of nitrogens with zero attached hydrogens (tertiary/aromatic N) is 6. The van der Waals surface area contributed by atoms with Gasteiger partial charge in [-0.1, -0.05) is 5.16 Å². The van der Waals surface area contributed by atoms with Crippen LogP contribution in [0.25, 0.3) is 5.78 Å². The highest BCUT2D eigenvalue weighted by Crippen LogP contribution is 2.23. The maximum atomic E-state index is 12.8. The Bertz CT molecular complexity index is 978. The van der Waals surface area contributed by atoms with Gasteiger partial charge in [0.15, 0.2) is 0 Å². The van der Waals surface area contributed by atoms with Gasteiger partial charge >= 0.3 is 0 Å². The van der Waals surface area contributed by atoms with Crippen molar-refractivity contribution in [2.24, 2.45) is 5.92 Å². The molecule has 1 saturated heterocycles. The molecule has 4 rings (SSSR count). The Balaban J connectivity index is 1.52. The fourth-order valence-electron chi connectivity index (χ4n) is 3.39. The van der Waals surface area contributed by atoms with Gasteiger partial charge in [-0.2, -0.15) is 4.98 Å². The Labute approximate surface area is 149 Å². The largest absolute Gasteiger partial charge is 0.391 e. The minimum Gasteiger partial charge on any atom is -0.391 e. The Kier molecular flexibility index (Phi) is 3.95. The molecule has 3 aromatic heterocycles. The zero-order valence-electron chi connectivity index (χ0n) is 14.9. The molecule has 3 aromatic rings. The second kappa shape index (κ2) is 6.17. The number of amides is 1. The monoisotopic (exact) mass is 356 g/mol. The van der Waals surface area contributed by atoms with Gasteiger partial charge in [0, 0.05) is 42.9 Å². The van der Waals surface area contributed by atoms with Gasteiger partial charge in [-0.3, -0.25) is 4.79 Å². The van der Waals surface area contributed by atoms with Crippen LogP contribution in [-0.2, 0) is 6.42 Å². The average Bonchev–Trinajstić information content (AvgIpc) is 3.27. The molecule has 136 valence electrons. The van der Waals surface area contributed by atoms with Crippen molar-refractivity contribution in [3.8, 4) is 0 Å². The van der Waals surface area contributed by atoms with Crippen LogP contribution in [0.3, 0.4) is 0 Å². The smallest absolute Gasteiger partial charge is 0.293 e. The fourth-order valence-corrected chi connectivity index (χ4v) is 3.39. The lowest BCUT2D eigenvalue weighted by atomic mass is 10.0. The van der Waals surface area contributed by atoms with Crippen LogP contribution in [0.2, 0.25) is 0 Å². The molecule has 1 aliphatic heterocycles. The first-order valence-electron chi connectivity index (χ1n) is 8.51. The molecular weight excluding hydrogens is 336 g/mol. The van der Waals surface area contributed by atoms with E-state index in [2.05, 4.69) is 20.2 Å². The lowest BCUT2D eigenvalue weighted by Crippen LogP contribution is -2.30. The molecule has 9 nitrogen and oxygen atoms in total.